The zero-order valence-electron chi connectivity index (χ0n) is 13.3. The van der Waals surface area contributed by atoms with Gasteiger partial charge in [0, 0.05) is 24.6 Å². The number of likely N-dealkylation sites (N-methyl/N-ethyl adjacent to an activating group) is 1. The number of nitrogens with zero attached hydrogens (tertiary/aromatic N) is 1. The van der Waals surface area contributed by atoms with E-state index in [-0.39, 0.29) is 11.9 Å². The molecule has 1 aromatic rings. The highest BCUT2D eigenvalue weighted by atomic mass is 79.9. The van der Waals surface area contributed by atoms with E-state index in [1.54, 1.807) is 4.90 Å². The number of amides is 1. The minimum Gasteiger partial charge on any atom is -0.347 e. The van der Waals surface area contributed by atoms with E-state index in [9.17, 15) is 4.79 Å². The van der Waals surface area contributed by atoms with Crippen molar-refractivity contribution in [3.63, 3.8) is 0 Å². The average molecular weight is 353 g/mol. The maximum absolute atomic E-state index is 12.4. The monoisotopic (exact) mass is 352 g/mol. The summed E-state index contributed by atoms with van der Waals surface area (Å²) in [7, 11) is 3.66. The zero-order valence-corrected chi connectivity index (χ0v) is 14.9. The van der Waals surface area contributed by atoms with Gasteiger partial charge < -0.3 is 4.90 Å². The van der Waals surface area contributed by atoms with Crippen LogP contribution in [0.3, 0.4) is 0 Å². The molecule has 0 radical (unpaired) electrons. The van der Waals surface area contributed by atoms with E-state index in [2.05, 4.69) is 53.3 Å². The molecule has 0 bridgehead atoms. The highest BCUT2D eigenvalue weighted by Gasteiger charge is 2.29. The Morgan fingerprint density at radius 1 is 1.43 bits per heavy atom. The lowest BCUT2D eigenvalue weighted by Crippen LogP contribution is -2.45. The summed E-state index contributed by atoms with van der Waals surface area (Å²) in [5.41, 5.74) is 2.74. The molecule has 1 aromatic carbocycles. The van der Waals surface area contributed by atoms with Crippen molar-refractivity contribution in [2.75, 3.05) is 14.1 Å². The van der Waals surface area contributed by atoms with Crippen LogP contribution >= 0.6 is 15.9 Å². The standard InChI is InChI=1S/C17H25BrN2O/c1-11(2)9-16(17(21)20(3)4)19-15-8-5-12-10-13(18)6-7-14(12)15/h6-7,10-11,15-16,19H,5,8-9H2,1-4H3. The average Bonchev–Trinajstić information content (AvgIpc) is 2.78. The lowest BCUT2D eigenvalue weighted by Gasteiger charge is -2.26. The molecule has 21 heavy (non-hydrogen) atoms. The first kappa shape index (κ1) is 16.5. The number of hydrogen-bond acceptors (Lipinski definition) is 2. The summed E-state index contributed by atoms with van der Waals surface area (Å²) in [5, 5.41) is 3.60. The first-order chi connectivity index (χ1) is 9.88. The molecule has 0 saturated carbocycles. The molecule has 0 aromatic heterocycles. The van der Waals surface area contributed by atoms with Crippen molar-refractivity contribution in [1.82, 2.24) is 10.2 Å². The van der Waals surface area contributed by atoms with Crippen LogP contribution in [-0.2, 0) is 11.2 Å². The third kappa shape index (κ3) is 4.07. The van der Waals surface area contributed by atoms with Crippen LogP contribution in [0.2, 0.25) is 0 Å². The molecule has 2 atom stereocenters. The molecule has 2 rings (SSSR count). The summed E-state index contributed by atoms with van der Waals surface area (Å²) in [6, 6.07) is 6.66. The molecule has 3 nitrogen and oxygen atoms in total. The quantitative estimate of drug-likeness (QED) is 0.878. The van der Waals surface area contributed by atoms with Gasteiger partial charge in [0.25, 0.3) is 0 Å². The van der Waals surface area contributed by atoms with Gasteiger partial charge in [-0.15, -0.1) is 0 Å². The summed E-state index contributed by atoms with van der Waals surface area (Å²) >= 11 is 3.53. The van der Waals surface area contributed by atoms with Gasteiger partial charge in [-0.25, -0.2) is 0 Å². The topological polar surface area (TPSA) is 32.3 Å². The number of aryl methyl sites for hydroxylation is 1. The maximum Gasteiger partial charge on any atom is 0.239 e. The van der Waals surface area contributed by atoms with Crippen LogP contribution < -0.4 is 5.32 Å². The van der Waals surface area contributed by atoms with Crippen LogP contribution in [0.5, 0.6) is 0 Å². The Kier molecular flexibility index (Phi) is 5.44. The number of nitrogens with one attached hydrogen (secondary N) is 1. The Labute approximate surface area is 136 Å². The summed E-state index contributed by atoms with van der Waals surface area (Å²) in [4.78, 5) is 14.1. The summed E-state index contributed by atoms with van der Waals surface area (Å²) in [6.45, 7) is 4.33. The molecule has 1 amide bonds. The molecule has 1 aliphatic rings. The summed E-state index contributed by atoms with van der Waals surface area (Å²) in [5.74, 6) is 0.673. The second kappa shape index (κ2) is 6.93. The molecule has 4 heteroatoms. The van der Waals surface area contributed by atoms with E-state index in [4.69, 9.17) is 0 Å². The third-order valence-electron chi connectivity index (χ3n) is 4.03. The Morgan fingerprint density at radius 2 is 2.14 bits per heavy atom. The van der Waals surface area contributed by atoms with Gasteiger partial charge in [-0.1, -0.05) is 35.8 Å². The van der Waals surface area contributed by atoms with E-state index in [1.807, 2.05) is 14.1 Å². The Morgan fingerprint density at radius 3 is 2.76 bits per heavy atom. The minimum absolute atomic E-state index is 0.0976. The largest absolute Gasteiger partial charge is 0.347 e. The van der Waals surface area contributed by atoms with E-state index >= 15 is 0 Å². The smallest absolute Gasteiger partial charge is 0.239 e. The second-order valence-electron chi connectivity index (χ2n) is 6.52. The lowest BCUT2D eigenvalue weighted by atomic mass is 10.0. The van der Waals surface area contributed by atoms with Crippen LogP contribution in [0.4, 0.5) is 0 Å². The van der Waals surface area contributed by atoms with Gasteiger partial charge in [0.2, 0.25) is 5.91 Å². The number of halogens is 1. The molecule has 1 aliphatic carbocycles. The summed E-state index contributed by atoms with van der Waals surface area (Å²) < 4.78 is 1.13. The Balaban J connectivity index is 2.13. The molecule has 2 unspecified atom stereocenters. The molecular weight excluding hydrogens is 328 g/mol. The van der Waals surface area contributed by atoms with Gasteiger partial charge in [0.15, 0.2) is 0 Å². The SMILES string of the molecule is CC(C)CC(NC1CCc2cc(Br)ccc21)C(=O)N(C)C. The number of rotatable bonds is 5. The third-order valence-corrected chi connectivity index (χ3v) is 4.52. The van der Waals surface area contributed by atoms with Gasteiger partial charge in [0.05, 0.1) is 6.04 Å². The molecule has 0 aliphatic heterocycles. The van der Waals surface area contributed by atoms with Gasteiger partial charge in [-0.3, -0.25) is 10.1 Å². The molecule has 1 N–H and O–H groups in total. The molecule has 116 valence electrons. The van der Waals surface area contributed by atoms with Gasteiger partial charge in [-0.2, -0.15) is 0 Å². The van der Waals surface area contributed by atoms with Crippen molar-refractivity contribution in [2.45, 2.75) is 45.2 Å². The molecule has 0 saturated heterocycles. The number of fused-ring (bicyclic) bond motifs is 1. The van der Waals surface area contributed by atoms with E-state index in [0.29, 0.717) is 12.0 Å². The number of hydrogen-bond donors (Lipinski definition) is 1. The summed E-state index contributed by atoms with van der Waals surface area (Å²) in [6.07, 6.45) is 3.03. The number of carbonyl (C=O) groups is 1. The van der Waals surface area contributed by atoms with E-state index < -0.39 is 0 Å². The second-order valence-corrected chi connectivity index (χ2v) is 7.43. The van der Waals surface area contributed by atoms with Crippen molar-refractivity contribution >= 4 is 21.8 Å². The predicted octanol–water partition coefficient (Wildman–Crippen LogP) is 3.53. The Bertz CT molecular complexity index is 514. The van der Waals surface area contributed by atoms with Crippen molar-refractivity contribution in [1.29, 1.82) is 0 Å². The van der Waals surface area contributed by atoms with Crippen LogP contribution in [-0.4, -0.2) is 30.9 Å². The molecule has 0 spiro atoms. The van der Waals surface area contributed by atoms with Crippen LogP contribution in [0.25, 0.3) is 0 Å². The maximum atomic E-state index is 12.4. The fraction of sp³-hybridized carbons (Fsp3) is 0.588. The van der Waals surface area contributed by atoms with E-state index in [1.165, 1.54) is 11.1 Å². The van der Waals surface area contributed by atoms with Crippen LogP contribution in [0.1, 0.15) is 43.9 Å². The highest BCUT2D eigenvalue weighted by Crippen LogP contribution is 2.33. The molecular formula is C17H25BrN2O. The fourth-order valence-corrected chi connectivity index (χ4v) is 3.43. The van der Waals surface area contributed by atoms with Crippen molar-refractivity contribution < 1.29 is 4.79 Å². The first-order valence-corrected chi connectivity index (χ1v) is 8.43. The van der Waals surface area contributed by atoms with E-state index in [0.717, 1.165) is 23.7 Å². The number of benzene rings is 1. The van der Waals surface area contributed by atoms with Crippen LogP contribution in [0.15, 0.2) is 22.7 Å². The molecule has 0 fully saturated rings. The van der Waals surface area contributed by atoms with Gasteiger partial charge in [0.1, 0.15) is 0 Å². The van der Waals surface area contributed by atoms with Crippen molar-refractivity contribution in [2.24, 2.45) is 5.92 Å². The first-order valence-electron chi connectivity index (χ1n) is 7.64. The molecule has 0 heterocycles. The number of carbonyl (C=O) groups excluding carboxylic acids is 1. The normalized spacial score (nSPS) is 18.7. The van der Waals surface area contributed by atoms with Gasteiger partial charge in [-0.05, 0) is 48.4 Å². The van der Waals surface area contributed by atoms with Crippen molar-refractivity contribution in [3.05, 3.63) is 33.8 Å². The zero-order chi connectivity index (χ0) is 15.6. The van der Waals surface area contributed by atoms with Crippen molar-refractivity contribution in [3.8, 4) is 0 Å². The fourth-order valence-electron chi connectivity index (χ4n) is 3.03. The van der Waals surface area contributed by atoms with Gasteiger partial charge >= 0.3 is 0 Å². The predicted molar refractivity (Wildman–Crippen MR) is 90.3 cm³/mol. The highest BCUT2D eigenvalue weighted by molar-refractivity contribution is 9.10. The lowest BCUT2D eigenvalue weighted by molar-refractivity contribution is -0.131. The van der Waals surface area contributed by atoms with Crippen LogP contribution in [0, 0.1) is 5.92 Å². The minimum atomic E-state index is -0.0976. The Hall–Kier alpha value is -0.870.